The Labute approximate surface area is 149 Å². The van der Waals surface area contributed by atoms with Gasteiger partial charge in [0.05, 0.1) is 7.57 Å². The van der Waals surface area contributed by atoms with Gasteiger partial charge in [-0.3, -0.25) is 0 Å². The van der Waals surface area contributed by atoms with Crippen LogP contribution in [0.25, 0.3) is 40.3 Å². The van der Waals surface area contributed by atoms with Crippen LogP contribution in [-0.2, 0) is 0 Å². The van der Waals surface area contributed by atoms with Gasteiger partial charge in [-0.2, -0.15) is 0 Å². The molecule has 3 aromatic heterocycles. The van der Waals surface area contributed by atoms with Crippen LogP contribution in [0.5, 0.6) is 0 Å². The molecule has 5 aromatic rings. The molecule has 0 saturated carbocycles. The van der Waals surface area contributed by atoms with Crippen LogP contribution in [0, 0.1) is 0 Å². The van der Waals surface area contributed by atoms with Crippen molar-refractivity contribution < 1.29 is 0 Å². The molecule has 0 nitrogen and oxygen atoms in total. The van der Waals surface area contributed by atoms with Gasteiger partial charge in [0.1, 0.15) is 0 Å². The fraction of sp³-hybridized carbons (Fsp3) is 0. The predicted octanol–water partition coefficient (Wildman–Crippen LogP) is 8.01. The van der Waals surface area contributed by atoms with Crippen molar-refractivity contribution in [1.29, 1.82) is 0 Å². The molecule has 0 aliphatic heterocycles. The quantitative estimate of drug-likeness (QED) is 0.222. The molecular formula is C16H6Br2S3. The van der Waals surface area contributed by atoms with Crippen LogP contribution in [0.3, 0.4) is 0 Å². The minimum absolute atomic E-state index is 1.20. The lowest BCUT2D eigenvalue weighted by molar-refractivity contribution is 1.99. The highest BCUT2D eigenvalue weighted by Gasteiger charge is 2.13. The van der Waals surface area contributed by atoms with E-state index >= 15 is 0 Å². The number of benzene rings is 2. The first-order valence-corrected chi connectivity index (χ1v) is 10.4. The van der Waals surface area contributed by atoms with Gasteiger partial charge in [-0.1, -0.05) is 12.1 Å². The normalized spacial score (nSPS) is 12.3. The van der Waals surface area contributed by atoms with E-state index in [1.54, 1.807) is 22.7 Å². The summed E-state index contributed by atoms with van der Waals surface area (Å²) in [6.45, 7) is 0. The zero-order valence-electron chi connectivity index (χ0n) is 10.4. The molecule has 2 aromatic carbocycles. The summed E-state index contributed by atoms with van der Waals surface area (Å²) in [5.74, 6) is 0. The van der Waals surface area contributed by atoms with E-state index in [0.717, 1.165) is 0 Å². The molecule has 0 amide bonds. The highest BCUT2D eigenvalue weighted by Crippen LogP contribution is 2.45. The number of thiophene rings is 3. The summed E-state index contributed by atoms with van der Waals surface area (Å²) in [6.07, 6.45) is 0. The van der Waals surface area contributed by atoms with Crippen molar-refractivity contribution in [3.8, 4) is 0 Å². The zero-order chi connectivity index (χ0) is 14.1. The van der Waals surface area contributed by atoms with Crippen molar-refractivity contribution >= 4 is 106 Å². The topological polar surface area (TPSA) is 0 Å². The minimum atomic E-state index is 1.20. The summed E-state index contributed by atoms with van der Waals surface area (Å²) >= 11 is 12.8. The molecule has 0 atom stereocenters. The Morgan fingerprint density at radius 1 is 0.571 bits per heavy atom. The first kappa shape index (κ1) is 13.0. The lowest BCUT2D eigenvalue weighted by Gasteiger charge is -1.93. The Morgan fingerprint density at radius 2 is 1.05 bits per heavy atom. The molecule has 0 saturated heterocycles. The average molecular weight is 454 g/mol. The summed E-state index contributed by atoms with van der Waals surface area (Å²) in [5.41, 5.74) is 0. The van der Waals surface area contributed by atoms with Crippen molar-refractivity contribution in [1.82, 2.24) is 0 Å². The van der Waals surface area contributed by atoms with E-state index in [1.165, 1.54) is 47.9 Å². The number of halogens is 2. The van der Waals surface area contributed by atoms with E-state index in [4.69, 9.17) is 0 Å². The largest absolute Gasteiger partial charge is 0.134 e. The van der Waals surface area contributed by atoms with Crippen LogP contribution in [-0.4, -0.2) is 0 Å². The molecule has 5 heteroatoms. The lowest BCUT2D eigenvalue weighted by Crippen LogP contribution is -1.67. The molecule has 5 rings (SSSR count). The van der Waals surface area contributed by atoms with Crippen LogP contribution in [0.2, 0.25) is 0 Å². The Morgan fingerprint density at radius 3 is 1.52 bits per heavy atom. The second-order valence-corrected chi connectivity index (χ2v) is 10.9. The maximum absolute atomic E-state index is 3.62. The molecule has 0 radical (unpaired) electrons. The fourth-order valence-electron chi connectivity index (χ4n) is 2.86. The summed E-state index contributed by atoms with van der Waals surface area (Å²) < 4.78 is 7.91. The third-order valence-corrected chi connectivity index (χ3v) is 8.23. The molecule has 0 spiro atoms. The standard InChI is InChI=1S/C16H6Br2S3/c17-13-5-9-11(19-13)3-1-7-8-2-4-12-10(6-14(18)20-12)16(8)21-15(7)9/h1-6H. The van der Waals surface area contributed by atoms with Crippen LogP contribution < -0.4 is 0 Å². The third kappa shape index (κ3) is 1.82. The number of hydrogen-bond donors (Lipinski definition) is 0. The van der Waals surface area contributed by atoms with E-state index in [1.807, 2.05) is 11.3 Å². The van der Waals surface area contributed by atoms with Gasteiger partial charge < -0.3 is 0 Å². The molecule has 102 valence electrons. The highest BCUT2D eigenvalue weighted by molar-refractivity contribution is 9.11. The van der Waals surface area contributed by atoms with Crippen molar-refractivity contribution in [3.63, 3.8) is 0 Å². The van der Waals surface area contributed by atoms with Gasteiger partial charge in [-0.05, 0) is 56.1 Å². The van der Waals surface area contributed by atoms with Gasteiger partial charge in [0.25, 0.3) is 0 Å². The van der Waals surface area contributed by atoms with E-state index < -0.39 is 0 Å². The SMILES string of the molecule is Brc1cc2c(ccc3c4ccc5sc(Br)cc5c4sc23)s1. The smallest absolute Gasteiger partial charge is 0.0711 e. The Bertz CT molecular complexity index is 1070. The second kappa shape index (κ2) is 4.52. The van der Waals surface area contributed by atoms with Crippen molar-refractivity contribution in [3.05, 3.63) is 44.0 Å². The number of rotatable bonds is 0. The molecule has 3 heterocycles. The first-order chi connectivity index (χ1) is 10.2. The molecule has 0 N–H and O–H groups in total. The van der Waals surface area contributed by atoms with E-state index in [2.05, 4.69) is 68.3 Å². The van der Waals surface area contributed by atoms with Crippen molar-refractivity contribution in [2.45, 2.75) is 0 Å². The number of fused-ring (bicyclic) bond motifs is 7. The van der Waals surface area contributed by atoms with Crippen LogP contribution in [0.1, 0.15) is 0 Å². The highest BCUT2D eigenvalue weighted by atomic mass is 79.9. The van der Waals surface area contributed by atoms with E-state index in [0.29, 0.717) is 0 Å². The minimum Gasteiger partial charge on any atom is -0.134 e. The molecule has 0 aliphatic carbocycles. The molecule has 0 aliphatic rings. The summed E-state index contributed by atoms with van der Waals surface area (Å²) in [5, 5.41) is 5.48. The van der Waals surface area contributed by atoms with E-state index in [-0.39, 0.29) is 0 Å². The number of hydrogen-bond acceptors (Lipinski definition) is 3. The summed E-state index contributed by atoms with van der Waals surface area (Å²) in [7, 11) is 0. The third-order valence-electron chi connectivity index (χ3n) is 3.74. The summed E-state index contributed by atoms with van der Waals surface area (Å²) in [6, 6.07) is 13.5. The first-order valence-electron chi connectivity index (χ1n) is 6.33. The maximum atomic E-state index is 3.62. The lowest BCUT2D eigenvalue weighted by atomic mass is 10.1. The van der Waals surface area contributed by atoms with Gasteiger partial charge >= 0.3 is 0 Å². The summed E-state index contributed by atoms with van der Waals surface area (Å²) in [4.78, 5) is 0. The second-order valence-electron chi connectivity index (χ2n) is 4.91. The van der Waals surface area contributed by atoms with Gasteiger partial charge in [-0.15, -0.1) is 34.0 Å². The molecule has 0 unspecified atom stereocenters. The van der Waals surface area contributed by atoms with Gasteiger partial charge in [-0.25, -0.2) is 0 Å². The molecule has 0 fully saturated rings. The van der Waals surface area contributed by atoms with Crippen LogP contribution in [0.4, 0.5) is 0 Å². The van der Waals surface area contributed by atoms with Crippen molar-refractivity contribution in [2.75, 3.05) is 0 Å². The molecule has 0 bridgehead atoms. The van der Waals surface area contributed by atoms with E-state index in [9.17, 15) is 0 Å². The Kier molecular flexibility index (Phi) is 2.80. The predicted molar refractivity (Wildman–Crippen MR) is 105 cm³/mol. The Balaban J connectivity index is 2.07. The van der Waals surface area contributed by atoms with Crippen LogP contribution in [0.15, 0.2) is 44.0 Å². The van der Waals surface area contributed by atoms with Gasteiger partial charge in [0.15, 0.2) is 0 Å². The molecule has 21 heavy (non-hydrogen) atoms. The van der Waals surface area contributed by atoms with Crippen LogP contribution >= 0.6 is 65.9 Å². The van der Waals surface area contributed by atoms with Gasteiger partial charge in [0.2, 0.25) is 0 Å². The van der Waals surface area contributed by atoms with Crippen molar-refractivity contribution in [2.24, 2.45) is 0 Å². The maximum Gasteiger partial charge on any atom is 0.0711 e. The molecular weight excluding hydrogens is 448 g/mol. The zero-order valence-corrected chi connectivity index (χ0v) is 16.1. The average Bonchev–Trinajstić information content (AvgIpc) is 3.09. The van der Waals surface area contributed by atoms with Gasteiger partial charge in [0, 0.05) is 40.3 Å². The monoisotopic (exact) mass is 452 g/mol. The Hall–Kier alpha value is -0.460. The fourth-order valence-corrected chi connectivity index (χ4v) is 7.42.